The Labute approximate surface area is 95.2 Å². The SMILES string of the molecule is COCCNC(CC(=O)OC)CC(=O)OC. The zero-order valence-electron chi connectivity index (χ0n) is 9.95. The maximum atomic E-state index is 11.1. The Balaban J connectivity index is 4.04. The van der Waals surface area contributed by atoms with Crippen LogP contribution in [0.15, 0.2) is 0 Å². The van der Waals surface area contributed by atoms with Crippen molar-refractivity contribution in [3.05, 3.63) is 0 Å². The van der Waals surface area contributed by atoms with Crippen LogP contribution in [0.4, 0.5) is 0 Å². The van der Waals surface area contributed by atoms with E-state index in [1.807, 2.05) is 0 Å². The molecule has 0 atom stereocenters. The van der Waals surface area contributed by atoms with Gasteiger partial charge in [0.15, 0.2) is 0 Å². The highest BCUT2D eigenvalue weighted by molar-refractivity contribution is 5.73. The predicted molar refractivity (Wildman–Crippen MR) is 56.9 cm³/mol. The fraction of sp³-hybridized carbons (Fsp3) is 0.800. The summed E-state index contributed by atoms with van der Waals surface area (Å²) in [5.74, 6) is -0.724. The minimum absolute atomic E-state index is 0.134. The molecular weight excluding hydrogens is 214 g/mol. The average molecular weight is 233 g/mol. The number of esters is 2. The van der Waals surface area contributed by atoms with Crippen LogP contribution in [0.2, 0.25) is 0 Å². The minimum atomic E-state index is -0.362. The van der Waals surface area contributed by atoms with Crippen LogP contribution in [0.1, 0.15) is 12.8 Å². The molecule has 0 heterocycles. The number of ether oxygens (including phenoxy) is 3. The van der Waals surface area contributed by atoms with Crippen molar-refractivity contribution < 1.29 is 23.8 Å². The van der Waals surface area contributed by atoms with E-state index in [0.29, 0.717) is 13.2 Å². The third-order valence-electron chi connectivity index (χ3n) is 2.02. The van der Waals surface area contributed by atoms with Crippen molar-refractivity contribution in [1.82, 2.24) is 5.32 Å². The molecule has 0 spiro atoms. The van der Waals surface area contributed by atoms with Gasteiger partial charge in [0.25, 0.3) is 0 Å². The Morgan fingerprint density at radius 1 is 1.06 bits per heavy atom. The molecule has 0 aromatic carbocycles. The number of methoxy groups -OCH3 is 3. The number of carbonyl (C=O) groups is 2. The highest BCUT2D eigenvalue weighted by atomic mass is 16.5. The molecule has 16 heavy (non-hydrogen) atoms. The first kappa shape index (κ1) is 14.9. The van der Waals surface area contributed by atoms with Gasteiger partial charge in [0, 0.05) is 19.7 Å². The monoisotopic (exact) mass is 233 g/mol. The molecule has 0 bridgehead atoms. The Morgan fingerprint density at radius 2 is 1.56 bits per heavy atom. The summed E-state index contributed by atoms with van der Waals surface area (Å²) in [4.78, 5) is 22.2. The molecule has 0 aromatic heterocycles. The summed E-state index contributed by atoms with van der Waals surface area (Å²) in [6.45, 7) is 1.08. The van der Waals surface area contributed by atoms with Gasteiger partial charge in [0.1, 0.15) is 0 Å². The molecule has 6 heteroatoms. The van der Waals surface area contributed by atoms with Crippen LogP contribution in [-0.2, 0) is 23.8 Å². The first-order valence-corrected chi connectivity index (χ1v) is 5.00. The molecule has 0 fully saturated rings. The molecule has 1 N–H and O–H groups in total. The Bertz CT molecular complexity index is 201. The van der Waals surface area contributed by atoms with Crippen LogP contribution in [-0.4, -0.2) is 52.5 Å². The van der Waals surface area contributed by atoms with Crippen molar-refractivity contribution in [2.24, 2.45) is 0 Å². The molecule has 0 amide bonds. The fourth-order valence-corrected chi connectivity index (χ4v) is 1.15. The van der Waals surface area contributed by atoms with Gasteiger partial charge in [0.2, 0.25) is 0 Å². The maximum absolute atomic E-state index is 11.1. The highest BCUT2D eigenvalue weighted by Gasteiger charge is 2.17. The molecule has 0 aliphatic carbocycles. The lowest BCUT2D eigenvalue weighted by atomic mass is 10.1. The second kappa shape index (κ2) is 9.11. The van der Waals surface area contributed by atoms with Crippen molar-refractivity contribution in [3.63, 3.8) is 0 Å². The summed E-state index contributed by atoms with van der Waals surface area (Å²) < 4.78 is 13.9. The van der Waals surface area contributed by atoms with Crippen molar-refractivity contribution in [2.45, 2.75) is 18.9 Å². The van der Waals surface area contributed by atoms with E-state index in [0.717, 1.165) is 0 Å². The van der Waals surface area contributed by atoms with Crippen LogP contribution < -0.4 is 5.32 Å². The Morgan fingerprint density at radius 3 is 1.94 bits per heavy atom. The summed E-state index contributed by atoms with van der Waals surface area (Å²) in [6.07, 6.45) is 0.268. The normalized spacial score (nSPS) is 10.2. The van der Waals surface area contributed by atoms with Crippen molar-refractivity contribution in [3.8, 4) is 0 Å². The summed E-state index contributed by atoms with van der Waals surface area (Å²) in [7, 11) is 4.21. The second-order valence-electron chi connectivity index (χ2n) is 3.20. The van der Waals surface area contributed by atoms with Gasteiger partial charge in [-0.15, -0.1) is 0 Å². The van der Waals surface area contributed by atoms with Gasteiger partial charge in [0.05, 0.1) is 33.7 Å². The molecule has 0 aromatic rings. The molecule has 0 rings (SSSR count). The zero-order chi connectivity index (χ0) is 12.4. The van der Waals surface area contributed by atoms with E-state index in [2.05, 4.69) is 14.8 Å². The predicted octanol–water partition coefficient (Wildman–Crippen LogP) is -0.283. The summed E-state index contributed by atoms with van der Waals surface area (Å²) in [5, 5.41) is 3.02. The molecule has 0 saturated heterocycles. The average Bonchev–Trinajstić information content (AvgIpc) is 2.28. The van der Waals surface area contributed by atoms with Gasteiger partial charge in [-0.25, -0.2) is 0 Å². The topological polar surface area (TPSA) is 73.9 Å². The van der Waals surface area contributed by atoms with E-state index in [1.165, 1.54) is 14.2 Å². The van der Waals surface area contributed by atoms with E-state index < -0.39 is 0 Å². The van der Waals surface area contributed by atoms with E-state index in [1.54, 1.807) is 7.11 Å². The molecule has 0 saturated carbocycles. The quantitative estimate of drug-likeness (QED) is 0.459. The van der Waals surface area contributed by atoms with Crippen molar-refractivity contribution >= 4 is 11.9 Å². The van der Waals surface area contributed by atoms with E-state index in [9.17, 15) is 9.59 Å². The molecule has 0 aliphatic heterocycles. The third-order valence-corrected chi connectivity index (χ3v) is 2.02. The smallest absolute Gasteiger partial charge is 0.307 e. The van der Waals surface area contributed by atoms with Gasteiger partial charge >= 0.3 is 11.9 Å². The first-order valence-electron chi connectivity index (χ1n) is 5.00. The molecule has 0 aliphatic rings. The second-order valence-corrected chi connectivity index (χ2v) is 3.20. The fourth-order valence-electron chi connectivity index (χ4n) is 1.15. The lowest BCUT2D eigenvalue weighted by Gasteiger charge is -2.16. The number of hydrogen-bond acceptors (Lipinski definition) is 6. The molecule has 0 radical (unpaired) electrons. The molecular formula is C10H19NO5. The van der Waals surface area contributed by atoms with Gasteiger partial charge in [-0.05, 0) is 0 Å². The van der Waals surface area contributed by atoms with E-state index in [4.69, 9.17) is 4.74 Å². The summed E-state index contributed by atoms with van der Waals surface area (Å²) >= 11 is 0. The zero-order valence-corrected chi connectivity index (χ0v) is 9.95. The van der Waals surface area contributed by atoms with Crippen molar-refractivity contribution in [2.75, 3.05) is 34.5 Å². The maximum Gasteiger partial charge on any atom is 0.307 e. The summed E-state index contributed by atoms with van der Waals surface area (Å²) in [5.41, 5.74) is 0. The molecule has 94 valence electrons. The third kappa shape index (κ3) is 7.19. The van der Waals surface area contributed by atoms with Gasteiger partial charge in [-0.3, -0.25) is 9.59 Å². The van der Waals surface area contributed by atoms with Crippen molar-refractivity contribution in [1.29, 1.82) is 0 Å². The van der Waals surface area contributed by atoms with Gasteiger partial charge < -0.3 is 19.5 Å². The highest BCUT2D eigenvalue weighted by Crippen LogP contribution is 2.01. The van der Waals surface area contributed by atoms with Crippen LogP contribution in [0, 0.1) is 0 Å². The van der Waals surface area contributed by atoms with Crippen LogP contribution in [0.5, 0.6) is 0 Å². The Kier molecular flexibility index (Phi) is 8.46. The summed E-state index contributed by atoms with van der Waals surface area (Å²) in [6, 6.07) is -0.282. The molecule has 6 nitrogen and oxygen atoms in total. The van der Waals surface area contributed by atoms with Crippen LogP contribution in [0.3, 0.4) is 0 Å². The number of nitrogens with one attached hydrogen (secondary N) is 1. The molecule has 0 unspecified atom stereocenters. The lowest BCUT2D eigenvalue weighted by molar-refractivity contribution is -0.143. The van der Waals surface area contributed by atoms with Crippen LogP contribution in [0.25, 0.3) is 0 Å². The number of carbonyl (C=O) groups excluding carboxylic acids is 2. The largest absolute Gasteiger partial charge is 0.469 e. The minimum Gasteiger partial charge on any atom is -0.469 e. The van der Waals surface area contributed by atoms with Gasteiger partial charge in [-0.2, -0.15) is 0 Å². The number of hydrogen-bond donors (Lipinski definition) is 1. The first-order chi connectivity index (χ1) is 7.63. The van der Waals surface area contributed by atoms with E-state index in [-0.39, 0.29) is 30.8 Å². The van der Waals surface area contributed by atoms with E-state index >= 15 is 0 Å². The standard InChI is InChI=1S/C10H19NO5/c1-14-5-4-11-8(6-9(12)15-2)7-10(13)16-3/h8,11H,4-7H2,1-3H3. The number of rotatable bonds is 8. The van der Waals surface area contributed by atoms with Crippen LogP contribution >= 0.6 is 0 Å². The van der Waals surface area contributed by atoms with Gasteiger partial charge in [-0.1, -0.05) is 0 Å². The lowest BCUT2D eigenvalue weighted by Crippen LogP contribution is -2.36. The Hall–Kier alpha value is -1.14.